The van der Waals surface area contributed by atoms with Crippen molar-refractivity contribution >= 4 is 10.5 Å². The summed E-state index contributed by atoms with van der Waals surface area (Å²) >= 11 is 0. The lowest BCUT2D eigenvalue weighted by atomic mass is 9.55. The van der Waals surface area contributed by atoms with E-state index in [4.69, 9.17) is 4.43 Å². The monoisotopic (exact) mass is 331 g/mol. The van der Waals surface area contributed by atoms with E-state index >= 15 is 0 Å². The summed E-state index contributed by atoms with van der Waals surface area (Å²) in [7, 11) is 2.97. The van der Waals surface area contributed by atoms with Crippen LogP contribution in [0.25, 0.3) is 0 Å². The molecule has 2 saturated carbocycles. The molecule has 2 fully saturated rings. The van der Waals surface area contributed by atoms with Crippen LogP contribution in [0, 0.1) is 17.3 Å². The Hall–Kier alpha value is -0.883. The molecule has 0 bridgehead atoms. The van der Waals surface area contributed by atoms with Gasteiger partial charge in [-0.2, -0.15) is 0 Å². The van der Waals surface area contributed by atoms with Crippen LogP contribution in [0.1, 0.15) is 49.7 Å². The van der Waals surface area contributed by atoms with Crippen LogP contribution in [0.3, 0.4) is 0 Å². The number of phenols is 1. The first kappa shape index (κ1) is 15.6. The second kappa shape index (κ2) is 5.05. The number of hydrogen-bond donors (Lipinski definition) is 3. The zero-order chi connectivity index (χ0) is 16.4. The van der Waals surface area contributed by atoms with Crippen molar-refractivity contribution in [2.24, 2.45) is 17.3 Å². The number of benzene rings is 1. The van der Waals surface area contributed by atoms with E-state index in [0.29, 0.717) is 24.0 Å². The van der Waals surface area contributed by atoms with Gasteiger partial charge in [-0.15, -0.1) is 0 Å². The van der Waals surface area contributed by atoms with E-state index in [1.54, 1.807) is 6.07 Å². The van der Waals surface area contributed by atoms with Gasteiger partial charge in [0.05, 0.1) is 0 Å². The predicted molar refractivity (Wildman–Crippen MR) is 85.9 cm³/mol. The average Bonchev–Trinajstić information content (AvgIpc) is 2.76. The van der Waals surface area contributed by atoms with Crippen LogP contribution in [0.2, 0.25) is 0 Å². The van der Waals surface area contributed by atoms with Crippen LogP contribution >= 0.6 is 0 Å². The molecule has 0 aliphatic heterocycles. The van der Waals surface area contributed by atoms with E-state index in [9.17, 15) is 15.3 Å². The van der Waals surface area contributed by atoms with Crippen molar-refractivity contribution in [3.05, 3.63) is 29.3 Å². The van der Waals surface area contributed by atoms with Crippen molar-refractivity contribution in [1.82, 2.24) is 0 Å². The van der Waals surface area contributed by atoms with Crippen molar-refractivity contribution in [3.8, 4) is 5.75 Å². The molecule has 3 aliphatic rings. The highest BCUT2D eigenvalue weighted by atomic mass is 28.2. The Morgan fingerprint density at radius 3 is 2.83 bits per heavy atom. The minimum atomic E-state index is -1.50. The molecule has 3 radical (unpaired) electrons. The van der Waals surface area contributed by atoms with Gasteiger partial charge in [0.25, 0.3) is 0 Å². The lowest BCUT2D eigenvalue weighted by Crippen LogP contribution is -2.48. The van der Waals surface area contributed by atoms with Gasteiger partial charge in [0.15, 0.2) is 5.79 Å². The summed E-state index contributed by atoms with van der Waals surface area (Å²) in [5.41, 5.74) is 2.28. The fourth-order valence-electron chi connectivity index (χ4n) is 5.68. The number of phenolic OH excluding ortho intramolecular Hbond substituents is 1. The first-order chi connectivity index (χ1) is 10.9. The third-order valence-electron chi connectivity index (χ3n) is 6.89. The molecule has 6 atom stereocenters. The number of aromatic hydroxyl groups is 1. The maximum atomic E-state index is 10.7. The molecule has 1 aromatic carbocycles. The summed E-state index contributed by atoms with van der Waals surface area (Å²) in [5, 5.41) is 31.0. The summed E-state index contributed by atoms with van der Waals surface area (Å²) in [4.78, 5) is 0. The smallest absolute Gasteiger partial charge is 0.250 e. The third kappa shape index (κ3) is 2.07. The maximum absolute atomic E-state index is 10.7. The Balaban J connectivity index is 1.71. The van der Waals surface area contributed by atoms with E-state index < -0.39 is 11.9 Å². The van der Waals surface area contributed by atoms with E-state index in [1.807, 2.05) is 6.07 Å². The first-order valence-electron chi connectivity index (χ1n) is 8.46. The molecule has 123 valence electrons. The lowest BCUT2D eigenvalue weighted by Gasteiger charge is -2.49. The van der Waals surface area contributed by atoms with Crippen molar-refractivity contribution in [1.29, 1.82) is 0 Å². The molecule has 0 heterocycles. The molecule has 4 nitrogen and oxygen atoms in total. The van der Waals surface area contributed by atoms with Crippen molar-refractivity contribution in [3.63, 3.8) is 0 Å². The molecule has 0 amide bonds. The number of rotatable bonds is 1. The van der Waals surface area contributed by atoms with Gasteiger partial charge < -0.3 is 19.7 Å². The topological polar surface area (TPSA) is 69.9 Å². The highest BCUT2D eigenvalue weighted by molar-refractivity contribution is 5.98. The molecular weight excluding hydrogens is 308 g/mol. The van der Waals surface area contributed by atoms with Gasteiger partial charge in [-0.1, -0.05) is 13.0 Å². The molecule has 23 heavy (non-hydrogen) atoms. The van der Waals surface area contributed by atoms with Crippen molar-refractivity contribution < 1.29 is 19.7 Å². The molecule has 1 aromatic rings. The highest BCUT2D eigenvalue weighted by Crippen LogP contribution is 2.63. The highest BCUT2D eigenvalue weighted by Gasteiger charge is 2.63. The second-order valence-electron chi connectivity index (χ2n) is 7.90. The summed E-state index contributed by atoms with van der Waals surface area (Å²) < 4.78 is 5.11. The predicted octanol–water partition coefficient (Wildman–Crippen LogP) is 2.01. The van der Waals surface area contributed by atoms with E-state index in [0.717, 1.165) is 25.7 Å². The Morgan fingerprint density at radius 2 is 2.09 bits per heavy atom. The van der Waals surface area contributed by atoms with Gasteiger partial charge >= 0.3 is 0 Å². The zero-order valence-corrected chi connectivity index (χ0v) is 14.3. The molecule has 0 spiro atoms. The Bertz CT molecular complexity index is 635. The minimum Gasteiger partial charge on any atom is -0.508 e. The fraction of sp³-hybridized carbons (Fsp3) is 0.667. The largest absolute Gasteiger partial charge is 0.508 e. The standard InChI is InChI=1S/C18H23O4Si/c1-17-7-6-13-12-5-3-11(19)8-10(12)2-4-14(13)15(17)9-18(21,22-23)16(17)20/h3,5,8,13-16,19-21H,2,4,6-7,9H2,1H3/t13-,14-,15+,16-,17+,18-/m1/s1. The summed E-state index contributed by atoms with van der Waals surface area (Å²) in [5.74, 6) is -0.0427. The van der Waals surface area contributed by atoms with Crippen LogP contribution in [-0.4, -0.2) is 37.7 Å². The van der Waals surface area contributed by atoms with Gasteiger partial charge in [-0.3, -0.25) is 0 Å². The Morgan fingerprint density at radius 1 is 1.30 bits per heavy atom. The fourth-order valence-corrected chi connectivity index (χ4v) is 5.87. The molecule has 3 N–H and O–H groups in total. The first-order valence-corrected chi connectivity index (χ1v) is 8.87. The Labute approximate surface area is 140 Å². The molecular formula is C18H23O4Si. The summed E-state index contributed by atoms with van der Waals surface area (Å²) in [6.07, 6.45) is 3.44. The molecule has 5 heteroatoms. The van der Waals surface area contributed by atoms with Crippen molar-refractivity contribution in [2.45, 2.75) is 56.8 Å². The molecule has 3 aliphatic carbocycles. The molecule has 4 rings (SSSR count). The molecule has 0 unspecified atom stereocenters. The van der Waals surface area contributed by atoms with Crippen molar-refractivity contribution in [2.75, 3.05) is 0 Å². The normalized spacial score (nSPS) is 45.2. The maximum Gasteiger partial charge on any atom is 0.250 e. The zero-order valence-electron chi connectivity index (χ0n) is 13.3. The van der Waals surface area contributed by atoms with Gasteiger partial charge in [0.2, 0.25) is 10.5 Å². The average molecular weight is 331 g/mol. The number of aliphatic hydroxyl groups is 2. The Kier molecular flexibility index (Phi) is 3.44. The molecule has 0 aromatic heterocycles. The number of hydrogen-bond acceptors (Lipinski definition) is 4. The number of fused-ring (bicyclic) bond motifs is 5. The SMILES string of the molecule is C[C@]12CC[C@@H]3c4ccc(O)cc4CC[C@H]3[C@@H]1C[C@@](O)(O[Si])[C@@H]2O. The van der Waals surface area contributed by atoms with Crippen LogP contribution in [-0.2, 0) is 10.8 Å². The quantitative estimate of drug-likeness (QED) is 0.544. The van der Waals surface area contributed by atoms with Crippen LogP contribution in [0.4, 0.5) is 0 Å². The molecule has 0 saturated heterocycles. The van der Waals surface area contributed by atoms with Crippen LogP contribution in [0.15, 0.2) is 18.2 Å². The van der Waals surface area contributed by atoms with Gasteiger partial charge in [0.1, 0.15) is 11.9 Å². The van der Waals surface area contributed by atoms with E-state index in [2.05, 4.69) is 23.5 Å². The minimum absolute atomic E-state index is 0.236. The second-order valence-corrected chi connectivity index (χ2v) is 8.10. The van der Waals surface area contributed by atoms with Crippen LogP contribution < -0.4 is 0 Å². The van der Waals surface area contributed by atoms with Crippen LogP contribution in [0.5, 0.6) is 5.75 Å². The number of aliphatic hydroxyl groups excluding tert-OH is 1. The van der Waals surface area contributed by atoms with E-state index in [1.165, 1.54) is 11.1 Å². The summed E-state index contributed by atoms with van der Waals surface area (Å²) in [6.45, 7) is 2.09. The lowest BCUT2D eigenvalue weighted by molar-refractivity contribution is -0.205. The van der Waals surface area contributed by atoms with E-state index in [-0.39, 0.29) is 11.3 Å². The van der Waals surface area contributed by atoms with Gasteiger partial charge in [-0.25, -0.2) is 0 Å². The van der Waals surface area contributed by atoms with Gasteiger partial charge in [0, 0.05) is 11.8 Å². The third-order valence-corrected chi connectivity index (χ3v) is 7.24. The number of aryl methyl sites for hydroxylation is 1. The van der Waals surface area contributed by atoms with Gasteiger partial charge in [-0.05, 0) is 66.7 Å². The summed E-state index contributed by atoms with van der Waals surface area (Å²) in [6, 6.07) is 5.72.